The number of aryl methyl sites for hydroxylation is 1. The van der Waals surface area contributed by atoms with Crippen molar-refractivity contribution in [2.75, 3.05) is 13.2 Å². The van der Waals surface area contributed by atoms with Gasteiger partial charge in [0, 0.05) is 23.0 Å². The summed E-state index contributed by atoms with van der Waals surface area (Å²) in [5.74, 6) is -0.399. The first-order valence-corrected chi connectivity index (χ1v) is 9.71. The lowest BCUT2D eigenvalue weighted by molar-refractivity contribution is -0.136. The van der Waals surface area contributed by atoms with Gasteiger partial charge in [0.15, 0.2) is 6.61 Å². The molecular weight excluding hydrogens is 410 g/mol. The van der Waals surface area contributed by atoms with Gasteiger partial charge >= 0.3 is 11.6 Å². The highest BCUT2D eigenvalue weighted by molar-refractivity contribution is 6.30. The fourth-order valence-corrected chi connectivity index (χ4v) is 2.95. The maximum atomic E-state index is 12.1. The number of amides is 1. The Labute approximate surface area is 177 Å². The summed E-state index contributed by atoms with van der Waals surface area (Å²) in [7, 11) is 0. The lowest BCUT2D eigenvalue weighted by Crippen LogP contribution is -2.28. The molecule has 0 aliphatic heterocycles. The van der Waals surface area contributed by atoms with Crippen LogP contribution in [0.1, 0.15) is 29.3 Å². The summed E-state index contributed by atoms with van der Waals surface area (Å²) >= 11 is 5.89. The van der Waals surface area contributed by atoms with E-state index >= 15 is 0 Å². The van der Waals surface area contributed by atoms with Gasteiger partial charge in [0.25, 0.3) is 5.91 Å². The molecule has 0 aliphatic carbocycles. The smallest absolute Gasteiger partial charge is 0.349 e. The highest BCUT2D eigenvalue weighted by Crippen LogP contribution is 2.23. The quantitative estimate of drug-likeness (QED) is 0.348. The molecule has 8 heteroatoms. The fourth-order valence-electron chi connectivity index (χ4n) is 2.72. The van der Waals surface area contributed by atoms with Crippen molar-refractivity contribution in [3.05, 3.63) is 69.0 Å². The second-order valence-electron chi connectivity index (χ2n) is 6.58. The van der Waals surface area contributed by atoms with Crippen molar-refractivity contribution < 1.29 is 23.5 Å². The zero-order chi connectivity index (χ0) is 21.7. The van der Waals surface area contributed by atoms with Gasteiger partial charge in [0.05, 0.1) is 0 Å². The Kier molecular flexibility index (Phi) is 6.74. The van der Waals surface area contributed by atoms with Gasteiger partial charge in [0.1, 0.15) is 22.6 Å². The molecule has 7 nitrogen and oxygen atoms in total. The van der Waals surface area contributed by atoms with Crippen LogP contribution in [0.15, 0.2) is 51.7 Å². The Morgan fingerprint density at radius 2 is 1.93 bits per heavy atom. The van der Waals surface area contributed by atoms with Crippen LogP contribution >= 0.6 is 11.6 Å². The molecule has 30 heavy (non-hydrogen) atoms. The zero-order valence-corrected chi connectivity index (χ0v) is 17.2. The number of benzene rings is 2. The van der Waals surface area contributed by atoms with Crippen LogP contribution in [-0.2, 0) is 4.79 Å². The minimum atomic E-state index is -0.763. The topological polar surface area (TPSA) is 94.8 Å². The third-order valence-electron chi connectivity index (χ3n) is 4.20. The standard InChI is InChI=1S/C22H20ClNO6/c1-3-8-24-21(26)17-10-14-4-6-16(11-19(14)30-22(17)27)29-20(25)12-28-18-7-5-15(23)9-13(18)2/h4-7,9-11H,3,8,12H2,1-2H3,(H,24,26). The summed E-state index contributed by atoms with van der Waals surface area (Å²) in [5, 5.41) is 3.74. The number of ether oxygens (including phenoxy) is 2. The highest BCUT2D eigenvalue weighted by Gasteiger charge is 2.14. The van der Waals surface area contributed by atoms with Crippen molar-refractivity contribution in [1.82, 2.24) is 5.32 Å². The number of carbonyl (C=O) groups is 2. The third kappa shape index (κ3) is 5.18. The van der Waals surface area contributed by atoms with Crippen LogP contribution in [0.3, 0.4) is 0 Å². The van der Waals surface area contributed by atoms with Crippen molar-refractivity contribution in [3.63, 3.8) is 0 Å². The van der Waals surface area contributed by atoms with Crippen LogP contribution in [0.5, 0.6) is 11.5 Å². The maximum Gasteiger partial charge on any atom is 0.349 e. The summed E-state index contributed by atoms with van der Waals surface area (Å²) in [5.41, 5.74) is 0.155. The van der Waals surface area contributed by atoms with Gasteiger partial charge in [-0.25, -0.2) is 9.59 Å². The highest BCUT2D eigenvalue weighted by atomic mass is 35.5. The van der Waals surface area contributed by atoms with E-state index in [1.807, 2.05) is 13.8 Å². The van der Waals surface area contributed by atoms with Crippen molar-refractivity contribution in [3.8, 4) is 11.5 Å². The summed E-state index contributed by atoms with van der Waals surface area (Å²) in [6.07, 6.45) is 0.751. The molecule has 156 valence electrons. The number of hydrogen-bond donors (Lipinski definition) is 1. The second kappa shape index (κ2) is 9.45. The van der Waals surface area contributed by atoms with Crippen molar-refractivity contribution in [1.29, 1.82) is 0 Å². The van der Waals surface area contributed by atoms with E-state index < -0.39 is 17.5 Å². The maximum absolute atomic E-state index is 12.1. The van der Waals surface area contributed by atoms with Crippen LogP contribution in [0.25, 0.3) is 11.0 Å². The Morgan fingerprint density at radius 3 is 2.67 bits per heavy atom. The molecule has 0 radical (unpaired) electrons. The molecular formula is C22H20ClNO6. The van der Waals surface area contributed by atoms with Crippen molar-refractivity contribution >= 4 is 34.4 Å². The average molecular weight is 430 g/mol. The van der Waals surface area contributed by atoms with Crippen LogP contribution in [0.4, 0.5) is 0 Å². The summed E-state index contributed by atoms with van der Waals surface area (Å²) in [6, 6.07) is 11.1. The van der Waals surface area contributed by atoms with E-state index in [-0.39, 0.29) is 23.5 Å². The predicted molar refractivity (Wildman–Crippen MR) is 112 cm³/mol. The number of rotatable bonds is 7. The van der Waals surface area contributed by atoms with Gasteiger partial charge in [-0.1, -0.05) is 18.5 Å². The third-order valence-corrected chi connectivity index (χ3v) is 4.44. The Bertz CT molecular complexity index is 1150. The Hall–Kier alpha value is -3.32. The largest absolute Gasteiger partial charge is 0.482 e. The minimum Gasteiger partial charge on any atom is -0.482 e. The fraction of sp³-hybridized carbons (Fsp3) is 0.227. The molecule has 0 atom stereocenters. The van der Waals surface area contributed by atoms with Crippen LogP contribution in [0, 0.1) is 6.92 Å². The summed E-state index contributed by atoms with van der Waals surface area (Å²) < 4.78 is 15.9. The van der Waals surface area contributed by atoms with Crippen LogP contribution in [-0.4, -0.2) is 25.0 Å². The van der Waals surface area contributed by atoms with E-state index in [4.69, 9.17) is 25.5 Å². The normalized spacial score (nSPS) is 10.6. The van der Waals surface area contributed by atoms with E-state index in [1.165, 1.54) is 12.1 Å². The van der Waals surface area contributed by atoms with E-state index in [0.29, 0.717) is 22.7 Å². The molecule has 3 aromatic rings. The number of nitrogens with one attached hydrogen (secondary N) is 1. The van der Waals surface area contributed by atoms with Gasteiger partial charge < -0.3 is 19.2 Å². The molecule has 0 saturated carbocycles. The van der Waals surface area contributed by atoms with Gasteiger partial charge in [-0.15, -0.1) is 0 Å². The molecule has 3 rings (SSSR count). The minimum absolute atomic E-state index is 0.0765. The monoisotopic (exact) mass is 429 g/mol. The molecule has 0 spiro atoms. The van der Waals surface area contributed by atoms with Crippen molar-refractivity contribution in [2.24, 2.45) is 0 Å². The molecule has 1 heterocycles. The number of hydrogen-bond acceptors (Lipinski definition) is 6. The lowest BCUT2D eigenvalue weighted by Gasteiger charge is -2.09. The first-order chi connectivity index (χ1) is 14.4. The van der Waals surface area contributed by atoms with Crippen LogP contribution < -0.4 is 20.4 Å². The molecule has 0 fully saturated rings. The number of halogens is 1. The molecule has 0 bridgehead atoms. The molecule has 2 aromatic carbocycles. The first kappa shape index (κ1) is 21.4. The molecule has 1 amide bonds. The Morgan fingerprint density at radius 1 is 1.13 bits per heavy atom. The summed E-state index contributed by atoms with van der Waals surface area (Å²) in [4.78, 5) is 36.3. The van der Waals surface area contributed by atoms with Gasteiger partial charge in [0.2, 0.25) is 0 Å². The number of esters is 1. The molecule has 0 saturated heterocycles. The number of fused-ring (bicyclic) bond motifs is 1. The zero-order valence-electron chi connectivity index (χ0n) is 16.5. The molecule has 0 unspecified atom stereocenters. The number of carbonyl (C=O) groups excluding carboxylic acids is 2. The molecule has 1 N–H and O–H groups in total. The SMILES string of the molecule is CCCNC(=O)c1cc2ccc(OC(=O)COc3ccc(Cl)cc3C)cc2oc1=O. The lowest BCUT2D eigenvalue weighted by atomic mass is 10.1. The first-order valence-electron chi connectivity index (χ1n) is 9.33. The second-order valence-corrected chi connectivity index (χ2v) is 7.01. The van der Waals surface area contributed by atoms with E-state index in [1.54, 1.807) is 30.3 Å². The van der Waals surface area contributed by atoms with E-state index in [2.05, 4.69) is 5.32 Å². The Balaban J connectivity index is 1.70. The summed E-state index contributed by atoms with van der Waals surface area (Å²) in [6.45, 7) is 3.88. The van der Waals surface area contributed by atoms with Gasteiger partial charge in [-0.3, -0.25) is 4.79 Å². The van der Waals surface area contributed by atoms with E-state index in [9.17, 15) is 14.4 Å². The van der Waals surface area contributed by atoms with Crippen molar-refractivity contribution in [2.45, 2.75) is 20.3 Å². The van der Waals surface area contributed by atoms with Gasteiger partial charge in [-0.2, -0.15) is 0 Å². The van der Waals surface area contributed by atoms with Gasteiger partial charge in [-0.05, 0) is 55.3 Å². The average Bonchev–Trinajstić information content (AvgIpc) is 2.70. The molecule has 1 aromatic heterocycles. The van der Waals surface area contributed by atoms with Crippen LogP contribution in [0.2, 0.25) is 5.02 Å². The van der Waals surface area contributed by atoms with E-state index in [0.717, 1.165) is 12.0 Å². The predicted octanol–water partition coefficient (Wildman–Crippen LogP) is 3.88. The molecule has 0 aliphatic rings.